The minimum Gasteiger partial charge on any atom is -0.439 e. The first-order chi connectivity index (χ1) is 6.31. The van der Waals surface area contributed by atoms with Gasteiger partial charge in [0.25, 0.3) is 0 Å². The number of para-hydroxylation sites is 1. The fourth-order valence-corrected chi connectivity index (χ4v) is 1.18. The predicted octanol–water partition coefficient (Wildman–Crippen LogP) is 2.10. The molecule has 0 aliphatic rings. The molecule has 4 heteroatoms. The molecule has 0 radical (unpaired) electrons. The molecule has 0 fully saturated rings. The summed E-state index contributed by atoms with van der Waals surface area (Å²) in [6, 6.07) is 5.24. The van der Waals surface area contributed by atoms with Crippen molar-refractivity contribution in [3.05, 3.63) is 24.1 Å². The maximum Gasteiger partial charge on any atom is 0.240 e. The normalized spacial score (nSPS) is 9.92. The average molecular weight is 174 g/mol. The molecule has 13 heavy (non-hydrogen) atoms. The Morgan fingerprint density at radius 2 is 2.38 bits per heavy atom. The van der Waals surface area contributed by atoms with Gasteiger partial charge in [-0.3, -0.25) is 0 Å². The van der Waals surface area contributed by atoms with Gasteiger partial charge in [0.2, 0.25) is 6.08 Å². The highest BCUT2D eigenvalue weighted by atomic mass is 16.3. The van der Waals surface area contributed by atoms with E-state index in [0.29, 0.717) is 22.7 Å². The molecule has 0 spiro atoms. The largest absolute Gasteiger partial charge is 0.439 e. The maximum absolute atomic E-state index is 10.1. The molecule has 1 aromatic heterocycles. The fourth-order valence-electron chi connectivity index (χ4n) is 1.18. The van der Waals surface area contributed by atoms with Gasteiger partial charge in [-0.15, -0.1) is 0 Å². The summed E-state index contributed by atoms with van der Waals surface area (Å²) in [5, 5.41) is 0. The quantitative estimate of drug-likeness (QED) is 0.491. The number of isocyanates is 1. The van der Waals surface area contributed by atoms with Gasteiger partial charge in [-0.1, -0.05) is 6.07 Å². The molecule has 0 aliphatic heterocycles. The molecule has 0 atom stereocenters. The van der Waals surface area contributed by atoms with Crippen molar-refractivity contribution in [3.8, 4) is 0 Å². The van der Waals surface area contributed by atoms with Crippen LogP contribution in [0.15, 0.2) is 27.6 Å². The molecule has 0 aliphatic carbocycles. The summed E-state index contributed by atoms with van der Waals surface area (Å²) in [5.74, 6) is 0.559. The summed E-state index contributed by atoms with van der Waals surface area (Å²) in [6.45, 7) is 1.74. The van der Waals surface area contributed by atoms with Gasteiger partial charge >= 0.3 is 0 Å². The van der Waals surface area contributed by atoms with Crippen molar-refractivity contribution < 1.29 is 9.21 Å². The third-order valence-electron chi connectivity index (χ3n) is 1.67. The third-order valence-corrected chi connectivity index (χ3v) is 1.67. The van der Waals surface area contributed by atoms with E-state index < -0.39 is 0 Å². The lowest BCUT2D eigenvalue weighted by molar-refractivity contribution is 0.558. The number of benzene rings is 1. The van der Waals surface area contributed by atoms with E-state index in [2.05, 4.69) is 9.98 Å². The second kappa shape index (κ2) is 2.84. The van der Waals surface area contributed by atoms with Gasteiger partial charge < -0.3 is 4.42 Å². The molecule has 2 rings (SSSR count). The lowest BCUT2D eigenvalue weighted by atomic mass is 10.3. The van der Waals surface area contributed by atoms with Gasteiger partial charge in [0, 0.05) is 6.92 Å². The van der Waals surface area contributed by atoms with Gasteiger partial charge in [0.1, 0.15) is 11.2 Å². The van der Waals surface area contributed by atoms with Crippen LogP contribution in [0.3, 0.4) is 0 Å². The van der Waals surface area contributed by atoms with Crippen LogP contribution in [0.5, 0.6) is 0 Å². The Labute approximate surface area is 73.9 Å². The number of hydrogen-bond donors (Lipinski definition) is 0. The molecule has 1 aromatic carbocycles. The Kier molecular flexibility index (Phi) is 1.69. The molecular weight excluding hydrogens is 168 g/mol. The molecule has 4 nitrogen and oxygen atoms in total. The number of aryl methyl sites for hydroxylation is 1. The topological polar surface area (TPSA) is 55.5 Å². The number of fused-ring (bicyclic) bond motifs is 1. The standard InChI is InChI=1S/C9H6N2O2/c1-6-11-8-4-2-3-7(10-5-12)9(8)13-6/h2-4H,1H3. The van der Waals surface area contributed by atoms with Crippen molar-refractivity contribution in [1.82, 2.24) is 4.98 Å². The predicted molar refractivity (Wildman–Crippen MR) is 46.5 cm³/mol. The highest BCUT2D eigenvalue weighted by Gasteiger charge is 2.05. The van der Waals surface area contributed by atoms with Crippen molar-refractivity contribution in [1.29, 1.82) is 0 Å². The van der Waals surface area contributed by atoms with Crippen LogP contribution in [0.2, 0.25) is 0 Å². The second-order valence-corrected chi connectivity index (χ2v) is 2.56. The molecule has 1 heterocycles. The smallest absolute Gasteiger partial charge is 0.240 e. The lowest BCUT2D eigenvalue weighted by Crippen LogP contribution is -1.68. The molecule has 0 amide bonds. The maximum atomic E-state index is 10.1. The van der Waals surface area contributed by atoms with E-state index in [1.165, 1.54) is 6.08 Å². The highest BCUT2D eigenvalue weighted by molar-refractivity contribution is 5.85. The van der Waals surface area contributed by atoms with Crippen molar-refractivity contribution in [3.63, 3.8) is 0 Å². The van der Waals surface area contributed by atoms with E-state index >= 15 is 0 Å². The van der Waals surface area contributed by atoms with Gasteiger partial charge in [0.15, 0.2) is 11.5 Å². The zero-order valence-electron chi connectivity index (χ0n) is 6.94. The van der Waals surface area contributed by atoms with E-state index in [1.807, 2.05) is 0 Å². The minimum absolute atomic E-state index is 0.466. The number of nitrogens with zero attached hydrogens (tertiary/aromatic N) is 2. The number of aromatic nitrogens is 1. The van der Waals surface area contributed by atoms with Crippen LogP contribution in [-0.4, -0.2) is 11.1 Å². The highest BCUT2D eigenvalue weighted by Crippen LogP contribution is 2.25. The van der Waals surface area contributed by atoms with Crippen LogP contribution in [0, 0.1) is 6.92 Å². The van der Waals surface area contributed by atoms with E-state index in [9.17, 15) is 4.79 Å². The lowest BCUT2D eigenvalue weighted by Gasteiger charge is -1.88. The molecule has 0 saturated heterocycles. The van der Waals surface area contributed by atoms with Crippen LogP contribution < -0.4 is 0 Å². The second-order valence-electron chi connectivity index (χ2n) is 2.56. The minimum atomic E-state index is 0.466. The van der Waals surface area contributed by atoms with Gasteiger partial charge in [-0.05, 0) is 12.1 Å². The Morgan fingerprint density at radius 3 is 3.15 bits per heavy atom. The molecule has 0 bridgehead atoms. The van der Waals surface area contributed by atoms with Gasteiger partial charge in [-0.2, -0.15) is 4.99 Å². The first kappa shape index (κ1) is 7.71. The van der Waals surface area contributed by atoms with Crippen LogP contribution in [-0.2, 0) is 4.79 Å². The third kappa shape index (κ3) is 1.23. The SMILES string of the molecule is Cc1nc2cccc(N=C=O)c2o1. The van der Waals surface area contributed by atoms with Crippen LogP contribution >= 0.6 is 0 Å². The molecular formula is C9H6N2O2. The van der Waals surface area contributed by atoms with Gasteiger partial charge in [0.05, 0.1) is 0 Å². The van der Waals surface area contributed by atoms with Gasteiger partial charge in [-0.25, -0.2) is 9.78 Å². The summed E-state index contributed by atoms with van der Waals surface area (Å²) in [5.41, 5.74) is 1.70. The summed E-state index contributed by atoms with van der Waals surface area (Å²) in [7, 11) is 0. The number of carbonyl (C=O) groups excluding carboxylic acids is 1. The first-order valence-electron chi connectivity index (χ1n) is 3.75. The molecule has 0 unspecified atom stereocenters. The first-order valence-corrected chi connectivity index (χ1v) is 3.75. The van der Waals surface area contributed by atoms with Crippen molar-refractivity contribution in [2.75, 3.05) is 0 Å². The number of oxazole rings is 1. The molecule has 0 saturated carbocycles. The molecule has 64 valence electrons. The van der Waals surface area contributed by atoms with Crippen molar-refractivity contribution in [2.45, 2.75) is 6.92 Å². The van der Waals surface area contributed by atoms with Crippen molar-refractivity contribution in [2.24, 2.45) is 4.99 Å². The molecule has 2 aromatic rings. The Hall–Kier alpha value is -1.93. The summed E-state index contributed by atoms with van der Waals surface area (Å²) in [6.07, 6.45) is 1.47. The van der Waals surface area contributed by atoms with Crippen LogP contribution in [0.4, 0.5) is 5.69 Å². The van der Waals surface area contributed by atoms with Crippen molar-refractivity contribution >= 4 is 22.9 Å². The number of hydrogen-bond acceptors (Lipinski definition) is 4. The average Bonchev–Trinajstić information content (AvgIpc) is 2.47. The summed E-state index contributed by atoms with van der Waals surface area (Å²) >= 11 is 0. The van der Waals surface area contributed by atoms with E-state index in [-0.39, 0.29) is 0 Å². The fraction of sp³-hybridized carbons (Fsp3) is 0.111. The zero-order chi connectivity index (χ0) is 9.26. The van der Waals surface area contributed by atoms with E-state index in [1.54, 1.807) is 25.1 Å². The molecule has 0 N–H and O–H groups in total. The van der Waals surface area contributed by atoms with E-state index in [4.69, 9.17) is 4.42 Å². The number of aliphatic imine (C=N–C) groups is 1. The summed E-state index contributed by atoms with van der Waals surface area (Å²) < 4.78 is 5.27. The van der Waals surface area contributed by atoms with Crippen LogP contribution in [0.1, 0.15) is 5.89 Å². The summed E-state index contributed by atoms with van der Waals surface area (Å²) in [4.78, 5) is 17.7. The van der Waals surface area contributed by atoms with Crippen LogP contribution in [0.25, 0.3) is 11.1 Å². The number of rotatable bonds is 1. The zero-order valence-corrected chi connectivity index (χ0v) is 6.94. The van der Waals surface area contributed by atoms with E-state index in [0.717, 1.165) is 0 Å². The Balaban J connectivity index is 2.81. The Morgan fingerprint density at radius 1 is 1.54 bits per heavy atom. The Bertz CT molecular complexity index is 495. The monoisotopic (exact) mass is 174 g/mol.